The van der Waals surface area contributed by atoms with Crippen molar-refractivity contribution in [3.63, 3.8) is 0 Å². The van der Waals surface area contributed by atoms with E-state index in [0.717, 1.165) is 19.4 Å². The number of amides is 1. The van der Waals surface area contributed by atoms with Crippen molar-refractivity contribution < 1.29 is 9.90 Å². The van der Waals surface area contributed by atoms with Gasteiger partial charge in [-0.25, -0.2) is 0 Å². The first-order valence-corrected chi connectivity index (χ1v) is 6.88. The summed E-state index contributed by atoms with van der Waals surface area (Å²) in [7, 11) is 0. The Balaban J connectivity index is 1.85. The van der Waals surface area contributed by atoms with Gasteiger partial charge in [0.25, 0.3) is 0 Å². The molecule has 1 heterocycles. The van der Waals surface area contributed by atoms with Crippen LogP contribution in [0.3, 0.4) is 0 Å². The largest absolute Gasteiger partial charge is 0.395 e. The Labute approximate surface area is 118 Å². The summed E-state index contributed by atoms with van der Waals surface area (Å²) in [5.41, 5.74) is 1.02. The van der Waals surface area contributed by atoms with Crippen LogP contribution in [0.15, 0.2) is 24.3 Å². The van der Waals surface area contributed by atoms with Crippen LogP contribution in [0, 0.1) is 11.3 Å². The van der Waals surface area contributed by atoms with Crippen LogP contribution in [-0.4, -0.2) is 41.7 Å². The highest BCUT2D eigenvalue weighted by Gasteiger charge is 2.23. The summed E-state index contributed by atoms with van der Waals surface area (Å²) in [6.45, 7) is 1.73. The van der Waals surface area contributed by atoms with Crippen LogP contribution in [-0.2, 0) is 4.79 Å². The van der Waals surface area contributed by atoms with Gasteiger partial charge in [0.1, 0.15) is 6.07 Å². The molecule has 1 aromatic rings. The lowest BCUT2D eigenvalue weighted by molar-refractivity contribution is -0.116. The number of anilines is 1. The van der Waals surface area contributed by atoms with E-state index in [1.807, 2.05) is 0 Å². The summed E-state index contributed by atoms with van der Waals surface area (Å²) in [6.07, 6.45) is 2.44. The number of hydrogen-bond acceptors (Lipinski definition) is 4. The quantitative estimate of drug-likeness (QED) is 0.849. The number of hydrogen-bond donors (Lipinski definition) is 2. The van der Waals surface area contributed by atoms with Crippen molar-refractivity contribution in [3.8, 4) is 6.07 Å². The van der Waals surface area contributed by atoms with Gasteiger partial charge in [-0.05, 0) is 31.5 Å². The van der Waals surface area contributed by atoms with E-state index in [0.29, 0.717) is 24.2 Å². The Morgan fingerprint density at radius 2 is 2.30 bits per heavy atom. The number of carbonyl (C=O) groups excluding carboxylic acids is 1. The van der Waals surface area contributed by atoms with Crippen molar-refractivity contribution in [1.29, 1.82) is 5.26 Å². The molecule has 1 aromatic carbocycles. The molecular formula is C15H19N3O2. The van der Waals surface area contributed by atoms with E-state index in [9.17, 15) is 9.90 Å². The Kier molecular flexibility index (Phi) is 5.10. The zero-order chi connectivity index (χ0) is 14.4. The molecule has 0 spiro atoms. The minimum Gasteiger partial charge on any atom is -0.395 e. The van der Waals surface area contributed by atoms with Gasteiger partial charge >= 0.3 is 0 Å². The number of rotatable bonds is 5. The molecule has 5 nitrogen and oxygen atoms in total. The first-order valence-electron chi connectivity index (χ1n) is 6.88. The van der Waals surface area contributed by atoms with Gasteiger partial charge in [0.2, 0.25) is 5.91 Å². The van der Waals surface area contributed by atoms with Crippen molar-refractivity contribution in [3.05, 3.63) is 29.8 Å². The van der Waals surface area contributed by atoms with Crippen molar-refractivity contribution in [2.24, 2.45) is 0 Å². The number of nitriles is 1. The first-order chi connectivity index (χ1) is 9.74. The van der Waals surface area contributed by atoms with Gasteiger partial charge in [0, 0.05) is 19.0 Å². The number of nitrogens with zero attached hydrogens (tertiary/aromatic N) is 2. The Hall–Kier alpha value is -1.90. The zero-order valence-corrected chi connectivity index (χ0v) is 11.4. The molecule has 0 saturated carbocycles. The van der Waals surface area contributed by atoms with Gasteiger partial charge in [-0.3, -0.25) is 9.69 Å². The molecule has 0 bridgehead atoms. The molecule has 20 heavy (non-hydrogen) atoms. The highest BCUT2D eigenvalue weighted by Crippen LogP contribution is 2.17. The molecule has 0 radical (unpaired) electrons. The third-order valence-electron chi connectivity index (χ3n) is 3.66. The van der Waals surface area contributed by atoms with Crippen LogP contribution in [0.25, 0.3) is 0 Å². The van der Waals surface area contributed by atoms with Crippen LogP contribution >= 0.6 is 0 Å². The molecule has 0 unspecified atom stereocenters. The maximum Gasteiger partial charge on any atom is 0.225 e. The summed E-state index contributed by atoms with van der Waals surface area (Å²) >= 11 is 0. The summed E-state index contributed by atoms with van der Waals surface area (Å²) in [6, 6.07) is 9.21. The fourth-order valence-corrected chi connectivity index (χ4v) is 2.54. The zero-order valence-electron chi connectivity index (χ0n) is 11.4. The smallest absolute Gasteiger partial charge is 0.225 e. The predicted molar refractivity (Wildman–Crippen MR) is 76.1 cm³/mol. The number of para-hydroxylation sites is 1. The third-order valence-corrected chi connectivity index (χ3v) is 3.66. The maximum absolute atomic E-state index is 11.9. The molecule has 1 fully saturated rings. The van der Waals surface area contributed by atoms with E-state index in [2.05, 4.69) is 16.3 Å². The van der Waals surface area contributed by atoms with Gasteiger partial charge in [-0.15, -0.1) is 0 Å². The minimum atomic E-state index is -0.101. The van der Waals surface area contributed by atoms with Crippen LogP contribution in [0.5, 0.6) is 0 Å². The van der Waals surface area contributed by atoms with Crippen molar-refractivity contribution in [2.45, 2.75) is 25.3 Å². The summed E-state index contributed by atoms with van der Waals surface area (Å²) in [5.74, 6) is -0.101. The molecule has 0 aliphatic carbocycles. The molecule has 2 rings (SSSR count). The molecule has 1 aliphatic rings. The Bertz CT molecular complexity index is 510. The average molecular weight is 273 g/mol. The van der Waals surface area contributed by atoms with E-state index < -0.39 is 0 Å². The number of likely N-dealkylation sites (tertiary alicyclic amines) is 1. The fourth-order valence-electron chi connectivity index (χ4n) is 2.54. The molecule has 1 aliphatic heterocycles. The lowest BCUT2D eigenvalue weighted by atomic mass is 10.2. The standard InChI is InChI=1S/C15H19N3O2/c16-10-12-4-1-2-6-14(12)17-15(20)7-9-18-8-3-5-13(18)11-19/h1-2,4,6,13,19H,3,5,7-9,11H2,(H,17,20)/t13-/m1/s1. The molecular weight excluding hydrogens is 254 g/mol. The predicted octanol–water partition coefficient (Wildman–Crippen LogP) is 1.34. The van der Waals surface area contributed by atoms with Gasteiger partial charge in [0.15, 0.2) is 0 Å². The highest BCUT2D eigenvalue weighted by molar-refractivity contribution is 5.92. The molecule has 1 saturated heterocycles. The second kappa shape index (κ2) is 7.04. The fraction of sp³-hybridized carbons (Fsp3) is 0.467. The Morgan fingerprint density at radius 1 is 1.50 bits per heavy atom. The van der Waals surface area contributed by atoms with Crippen LogP contribution < -0.4 is 5.32 Å². The minimum absolute atomic E-state index is 0.101. The molecule has 5 heteroatoms. The van der Waals surface area contributed by atoms with E-state index in [4.69, 9.17) is 5.26 Å². The van der Waals surface area contributed by atoms with Gasteiger partial charge in [-0.1, -0.05) is 12.1 Å². The van der Waals surface area contributed by atoms with E-state index in [-0.39, 0.29) is 18.6 Å². The number of aliphatic hydroxyl groups excluding tert-OH is 1. The molecule has 2 N–H and O–H groups in total. The van der Waals surface area contributed by atoms with Crippen LogP contribution in [0.4, 0.5) is 5.69 Å². The maximum atomic E-state index is 11.9. The number of benzene rings is 1. The molecule has 1 atom stereocenters. The van der Waals surface area contributed by atoms with Gasteiger partial charge in [0.05, 0.1) is 17.9 Å². The molecule has 0 aromatic heterocycles. The third kappa shape index (κ3) is 3.56. The van der Waals surface area contributed by atoms with Crippen LogP contribution in [0.1, 0.15) is 24.8 Å². The summed E-state index contributed by atoms with van der Waals surface area (Å²) in [5, 5.41) is 21.0. The highest BCUT2D eigenvalue weighted by atomic mass is 16.3. The second-order valence-electron chi connectivity index (χ2n) is 4.97. The summed E-state index contributed by atoms with van der Waals surface area (Å²) in [4.78, 5) is 14.1. The first kappa shape index (κ1) is 14.5. The lowest BCUT2D eigenvalue weighted by Crippen LogP contribution is -2.34. The average Bonchev–Trinajstić information content (AvgIpc) is 2.93. The SMILES string of the molecule is N#Cc1ccccc1NC(=O)CCN1CCC[C@@H]1CO. The normalized spacial score (nSPS) is 18.7. The summed E-state index contributed by atoms with van der Waals surface area (Å²) < 4.78 is 0. The number of carbonyl (C=O) groups is 1. The van der Waals surface area contributed by atoms with Crippen molar-refractivity contribution in [1.82, 2.24) is 4.90 Å². The van der Waals surface area contributed by atoms with Crippen molar-refractivity contribution >= 4 is 11.6 Å². The van der Waals surface area contributed by atoms with E-state index >= 15 is 0 Å². The van der Waals surface area contributed by atoms with Crippen molar-refractivity contribution in [2.75, 3.05) is 25.0 Å². The van der Waals surface area contributed by atoms with Gasteiger partial charge < -0.3 is 10.4 Å². The van der Waals surface area contributed by atoms with E-state index in [1.165, 1.54) is 0 Å². The molecule has 1 amide bonds. The van der Waals surface area contributed by atoms with Crippen LogP contribution in [0.2, 0.25) is 0 Å². The Morgan fingerprint density at radius 3 is 3.05 bits per heavy atom. The number of nitrogens with one attached hydrogen (secondary N) is 1. The van der Waals surface area contributed by atoms with E-state index in [1.54, 1.807) is 24.3 Å². The van der Waals surface area contributed by atoms with Gasteiger partial charge in [-0.2, -0.15) is 5.26 Å². The number of aliphatic hydroxyl groups is 1. The molecule has 106 valence electrons. The lowest BCUT2D eigenvalue weighted by Gasteiger charge is -2.22. The monoisotopic (exact) mass is 273 g/mol. The second-order valence-corrected chi connectivity index (χ2v) is 4.97. The topological polar surface area (TPSA) is 76.4 Å².